The molecule has 130 valence electrons. The van der Waals surface area contributed by atoms with Crippen LogP contribution in [0.1, 0.15) is 19.4 Å². The molecule has 7 heteroatoms. The summed E-state index contributed by atoms with van der Waals surface area (Å²) in [5.74, 6) is -0.163. The molecule has 0 saturated heterocycles. The van der Waals surface area contributed by atoms with Gasteiger partial charge in [0.05, 0.1) is 13.3 Å². The predicted octanol–water partition coefficient (Wildman–Crippen LogP) is 1.48. The summed E-state index contributed by atoms with van der Waals surface area (Å²) < 4.78 is 10.7. The van der Waals surface area contributed by atoms with Crippen molar-refractivity contribution < 1.29 is 19.1 Å². The standard InChI is InChI=1S/C17H23N3O4/c1-5-8-24-14-7-6-13(9-15(14)23-4)11-19-20-17(22)16(21)18-10-12(2)3/h5-7,9,11-12H,1,8,10H2,2-4H3,(H,18,21)(H,20,22). The number of hydrogen-bond donors (Lipinski definition) is 2. The average Bonchev–Trinajstić information content (AvgIpc) is 2.57. The Morgan fingerprint density at radius 2 is 2.04 bits per heavy atom. The van der Waals surface area contributed by atoms with E-state index in [-0.39, 0.29) is 5.92 Å². The Labute approximate surface area is 141 Å². The zero-order chi connectivity index (χ0) is 17.9. The molecule has 1 aromatic rings. The maximum atomic E-state index is 11.6. The number of amides is 2. The van der Waals surface area contributed by atoms with Gasteiger partial charge in [-0.05, 0) is 29.7 Å². The Bertz CT molecular complexity index is 612. The first-order chi connectivity index (χ1) is 11.5. The Kier molecular flexibility index (Phi) is 8.04. The van der Waals surface area contributed by atoms with Crippen LogP contribution in [0.25, 0.3) is 0 Å². The van der Waals surface area contributed by atoms with Crippen LogP contribution in [0.15, 0.2) is 36.0 Å². The molecule has 0 unspecified atom stereocenters. The summed E-state index contributed by atoms with van der Waals surface area (Å²) in [6, 6.07) is 5.17. The number of rotatable bonds is 8. The van der Waals surface area contributed by atoms with Crippen LogP contribution in [0.5, 0.6) is 11.5 Å². The summed E-state index contributed by atoms with van der Waals surface area (Å²) in [6.45, 7) is 8.25. The van der Waals surface area contributed by atoms with E-state index >= 15 is 0 Å². The van der Waals surface area contributed by atoms with Crippen LogP contribution >= 0.6 is 0 Å². The molecule has 0 bridgehead atoms. The highest BCUT2D eigenvalue weighted by molar-refractivity contribution is 6.35. The maximum Gasteiger partial charge on any atom is 0.329 e. The van der Waals surface area contributed by atoms with E-state index in [0.29, 0.717) is 30.2 Å². The molecule has 0 heterocycles. The zero-order valence-corrected chi connectivity index (χ0v) is 14.2. The van der Waals surface area contributed by atoms with Crippen LogP contribution in [-0.2, 0) is 9.59 Å². The van der Waals surface area contributed by atoms with Crippen LogP contribution in [0.3, 0.4) is 0 Å². The van der Waals surface area contributed by atoms with E-state index in [2.05, 4.69) is 22.4 Å². The normalized spacial score (nSPS) is 10.5. The molecular formula is C17H23N3O4. The lowest BCUT2D eigenvalue weighted by Gasteiger charge is -2.09. The molecule has 0 aliphatic carbocycles. The fourth-order valence-electron chi connectivity index (χ4n) is 1.63. The fraction of sp³-hybridized carbons (Fsp3) is 0.353. The Balaban J connectivity index is 2.62. The molecule has 24 heavy (non-hydrogen) atoms. The van der Waals surface area contributed by atoms with Gasteiger partial charge in [-0.1, -0.05) is 26.5 Å². The van der Waals surface area contributed by atoms with Crippen molar-refractivity contribution in [3.8, 4) is 11.5 Å². The van der Waals surface area contributed by atoms with E-state index in [0.717, 1.165) is 0 Å². The van der Waals surface area contributed by atoms with Gasteiger partial charge in [0.1, 0.15) is 6.61 Å². The van der Waals surface area contributed by atoms with Gasteiger partial charge in [-0.2, -0.15) is 5.10 Å². The monoisotopic (exact) mass is 333 g/mol. The largest absolute Gasteiger partial charge is 0.493 e. The second-order valence-corrected chi connectivity index (χ2v) is 5.31. The van der Waals surface area contributed by atoms with Crippen LogP contribution in [-0.4, -0.2) is 38.3 Å². The second-order valence-electron chi connectivity index (χ2n) is 5.31. The molecule has 0 aromatic heterocycles. The van der Waals surface area contributed by atoms with Gasteiger partial charge in [0.15, 0.2) is 11.5 Å². The van der Waals surface area contributed by atoms with Crippen molar-refractivity contribution >= 4 is 18.0 Å². The van der Waals surface area contributed by atoms with Gasteiger partial charge in [-0.25, -0.2) is 5.43 Å². The minimum Gasteiger partial charge on any atom is -0.493 e. The van der Waals surface area contributed by atoms with Crippen molar-refractivity contribution in [3.63, 3.8) is 0 Å². The molecule has 0 radical (unpaired) electrons. The van der Waals surface area contributed by atoms with Gasteiger partial charge in [0.25, 0.3) is 0 Å². The van der Waals surface area contributed by atoms with Gasteiger partial charge in [-0.15, -0.1) is 0 Å². The molecule has 0 atom stereocenters. The smallest absolute Gasteiger partial charge is 0.329 e. The number of carbonyl (C=O) groups is 2. The van der Waals surface area contributed by atoms with Crippen molar-refractivity contribution in [1.82, 2.24) is 10.7 Å². The maximum absolute atomic E-state index is 11.6. The Morgan fingerprint density at radius 1 is 1.29 bits per heavy atom. The van der Waals surface area contributed by atoms with Crippen LogP contribution in [0.2, 0.25) is 0 Å². The number of methoxy groups -OCH3 is 1. The number of ether oxygens (including phenoxy) is 2. The number of nitrogens with zero attached hydrogens (tertiary/aromatic N) is 1. The molecule has 0 saturated carbocycles. The third kappa shape index (κ3) is 6.51. The van der Waals surface area contributed by atoms with E-state index in [9.17, 15) is 9.59 Å². The van der Waals surface area contributed by atoms with Crippen molar-refractivity contribution in [2.24, 2.45) is 11.0 Å². The fourth-order valence-corrected chi connectivity index (χ4v) is 1.63. The van der Waals surface area contributed by atoms with E-state index < -0.39 is 11.8 Å². The van der Waals surface area contributed by atoms with E-state index in [4.69, 9.17) is 9.47 Å². The van der Waals surface area contributed by atoms with Gasteiger partial charge < -0.3 is 14.8 Å². The van der Waals surface area contributed by atoms with Gasteiger partial charge in [0, 0.05) is 6.54 Å². The lowest BCUT2D eigenvalue weighted by atomic mass is 10.2. The average molecular weight is 333 g/mol. The van der Waals surface area contributed by atoms with E-state index in [1.165, 1.54) is 13.3 Å². The first-order valence-corrected chi connectivity index (χ1v) is 7.50. The predicted molar refractivity (Wildman–Crippen MR) is 92.3 cm³/mol. The number of carbonyl (C=O) groups excluding carboxylic acids is 2. The third-order valence-electron chi connectivity index (χ3n) is 2.80. The summed E-state index contributed by atoms with van der Waals surface area (Å²) >= 11 is 0. The molecule has 0 aliphatic heterocycles. The van der Waals surface area contributed by atoms with Crippen molar-refractivity contribution in [3.05, 3.63) is 36.4 Å². The minimum atomic E-state index is -0.815. The van der Waals surface area contributed by atoms with Crippen LogP contribution in [0.4, 0.5) is 0 Å². The molecule has 1 aromatic carbocycles. The molecule has 0 fully saturated rings. The highest BCUT2D eigenvalue weighted by atomic mass is 16.5. The van der Waals surface area contributed by atoms with Crippen molar-refractivity contribution in [1.29, 1.82) is 0 Å². The molecule has 2 amide bonds. The Morgan fingerprint density at radius 3 is 2.67 bits per heavy atom. The highest BCUT2D eigenvalue weighted by Gasteiger charge is 2.12. The number of hydrogen-bond acceptors (Lipinski definition) is 5. The molecule has 2 N–H and O–H groups in total. The molecule has 1 rings (SSSR count). The van der Waals surface area contributed by atoms with Gasteiger partial charge in [-0.3, -0.25) is 9.59 Å². The highest BCUT2D eigenvalue weighted by Crippen LogP contribution is 2.27. The van der Waals surface area contributed by atoms with Crippen LogP contribution < -0.4 is 20.2 Å². The summed E-state index contributed by atoms with van der Waals surface area (Å²) in [4.78, 5) is 23.0. The van der Waals surface area contributed by atoms with Crippen LogP contribution in [0, 0.1) is 5.92 Å². The second kappa shape index (κ2) is 10.0. The molecular weight excluding hydrogens is 310 g/mol. The molecule has 0 aliphatic rings. The lowest BCUT2D eigenvalue weighted by molar-refractivity contribution is -0.139. The zero-order valence-electron chi connectivity index (χ0n) is 14.2. The Hall–Kier alpha value is -2.83. The number of hydrazone groups is 1. The van der Waals surface area contributed by atoms with Crippen molar-refractivity contribution in [2.75, 3.05) is 20.3 Å². The summed E-state index contributed by atoms with van der Waals surface area (Å²) in [5, 5.41) is 6.27. The van der Waals surface area contributed by atoms with Gasteiger partial charge in [0.2, 0.25) is 0 Å². The summed E-state index contributed by atoms with van der Waals surface area (Å²) in [7, 11) is 1.53. The lowest BCUT2D eigenvalue weighted by Crippen LogP contribution is -2.39. The van der Waals surface area contributed by atoms with Gasteiger partial charge >= 0.3 is 11.8 Å². The molecule has 7 nitrogen and oxygen atoms in total. The third-order valence-corrected chi connectivity index (χ3v) is 2.80. The van der Waals surface area contributed by atoms with Crippen molar-refractivity contribution in [2.45, 2.75) is 13.8 Å². The minimum absolute atomic E-state index is 0.263. The first-order valence-electron chi connectivity index (χ1n) is 7.50. The quantitative estimate of drug-likeness (QED) is 0.326. The van der Waals surface area contributed by atoms with E-state index in [1.54, 1.807) is 24.3 Å². The SMILES string of the molecule is C=CCOc1ccc(C=NNC(=O)C(=O)NCC(C)C)cc1OC. The topological polar surface area (TPSA) is 89.0 Å². The summed E-state index contributed by atoms with van der Waals surface area (Å²) in [5.41, 5.74) is 2.86. The van der Waals surface area contributed by atoms with E-state index in [1.807, 2.05) is 13.8 Å². The number of nitrogens with one attached hydrogen (secondary N) is 2. The first kappa shape index (κ1) is 19.2. The molecule has 0 spiro atoms. The summed E-state index contributed by atoms with van der Waals surface area (Å²) in [6.07, 6.45) is 3.04. The number of benzene rings is 1.